The number of para-hydroxylation sites is 1. The van der Waals surface area contributed by atoms with Crippen LogP contribution in [0, 0.1) is 11.8 Å². The van der Waals surface area contributed by atoms with Crippen LogP contribution in [-0.2, 0) is 16.0 Å². The number of anilines is 1. The van der Waals surface area contributed by atoms with E-state index in [4.69, 9.17) is 0 Å². The zero-order chi connectivity index (χ0) is 21.8. The molecular weight excluding hydrogens is 392 g/mol. The fraction of sp³-hybridized carbons (Fsp3) is 0.400. The van der Waals surface area contributed by atoms with Crippen molar-refractivity contribution in [2.45, 2.75) is 44.6 Å². The number of hydrogen-bond acceptors (Lipinski definition) is 3. The molecule has 0 bridgehead atoms. The molecule has 1 aliphatic heterocycles. The van der Waals surface area contributed by atoms with Crippen LogP contribution in [0.5, 0.6) is 0 Å². The number of nitrogens with zero attached hydrogens (tertiary/aromatic N) is 1. The topological polar surface area (TPSA) is 86.7 Å². The van der Waals surface area contributed by atoms with Gasteiger partial charge in [-0.15, -0.1) is 0 Å². The Hall–Kier alpha value is -3.15. The second-order valence-corrected chi connectivity index (χ2v) is 8.50. The number of benzene rings is 2. The lowest BCUT2D eigenvalue weighted by Gasteiger charge is -2.40. The lowest BCUT2D eigenvalue weighted by atomic mass is 9.80. The molecule has 1 unspecified atom stereocenters. The molecule has 0 aromatic heterocycles. The van der Waals surface area contributed by atoms with Gasteiger partial charge in [0, 0.05) is 23.7 Å². The molecule has 6 heteroatoms. The number of carbonyl (C=O) groups is 3. The van der Waals surface area contributed by atoms with Crippen molar-refractivity contribution in [3.05, 3.63) is 65.7 Å². The van der Waals surface area contributed by atoms with E-state index in [2.05, 4.69) is 5.32 Å². The Bertz CT molecular complexity index is 959. The van der Waals surface area contributed by atoms with E-state index in [0.29, 0.717) is 31.4 Å². The number of carboxylic acid groups (broad SMARTS) is 1. The number of rotatable bonds is 5. The average molecular weight is 421 g/mol. The standard InChI is InChI=1S/C25H28N2O4/c28-23(18-8-2-1-3-9-18)26-16-21-14-13-17-7-4-5-12-22(17)27(21)24(29)19-10-6-11-20(15-19)25(30)31/h1-5,7-9,12,19-21H,6,10-11,13-16H2,(H,26,28)(H,30,31)/t19-,20+,21?/m1/s1. The number of carboxylic acids is 1. The summed E-state index contributed by atoms with van der Waals surface area (Å²) in [6, 6.07) is 16.8. The second-order valence-electron chi connectivity index (χ2n) is 8.50. The first-order valence-corrected chi connectivity index (χ1v) is 11.0. The molecular formula is C25H28N2O4. The normalized spacial score (nSPS) is 23.0. The van der Waals surface area contributed by atoms with E-state index in [0.717, 1.165) is 30.5 Å². The number of amides is 2. The monoisotopic (exact) mass is 420 g/mol. The van der Waals surface area contributed by atoms with Crippen molar-refractivity contribution in [1.29, 1.82) is 0 Å². The summed E-state index contributed by atoms with van der Waals surface area (Å²) in [5.41, 5.74) is 2.59. The van der Waals surface area contributed by atoms with Gasteiger partial charge in [-0.1, -0.05) is 42.8 Å². The van der Waals surface area contributed by atoms with E-state index in [1.54, 1.807) is 12.1 Å². The molecule has 1 saturated carbocycles. The largest absolute Gasteiger partial charge is 0.481 e. The zero-order valence-corrected chi connectivity index (χ0v) is 17.5. The highest BCUT2D eigenvalue weighted by Gasteiger charge is 2.38. The van der Waals surface area contributed by atoms with Crippen LogP contribution < -0.4 is 10.2 Å². The Morgan fingerprint density at radius 2 is 1.65 bits per heavy atom. The molecule has 1 fully saturated rings. The third-order valence-electron chi connectivity index (χ3n) is 6.51. The maximum atomic E-state index is 13.6. The highest BCUT2D eigenvalue weighted by molar-refractivity contribution is 5.98. The first kappa shape index (κ1) is 21.1. The molecule has 162 valence electrons. The molecule has 2 aromatic carbocycles. The van der Waals surface area contributed by atoms with Crippen molar-refractivity contribution in [3.8, 4) is 0 Å². The Labute approximate surface area is 182 Å². The van der Waals surface area contributed by atoms with Gasteiger partial charge in [0.15, 0.2) is 0 Å². The SMILES string of the molecule is O=C(NCC1CCc2ccccc2N1C(=O)[C@@H]1CCC[C@H](C(=O)O)C1)c1ccccc1. The summed E-state index contributed by atoms with van der Waals surface area (Å²) >= 11 is 0. The van der Waals surface area contributed by atoms with E-state index in [9.17, 15) is 19.5 Å². The summed E-state index contributed by atoms with van der Waals surface area (Å²) in [6.45, 7) is 0.364. The predicted molar refractivity (Wildman–Crippen MR) is 118 cm³/mol. The van der Waals surface area contributed by atoms with Gasteiger partial charge in [-0.25, -0.2) is 0 Å². The molecule has 0 radical (unpaired) electrons. The van der Waals surface area contributed by atoms with Gasteiger partial charge >= 0.3 is 5.97 Å². The summed E-state index contributed by atoms with van der Waals surface area (Å²) in [5, 5.41) is 12.4. The fourth-order valence-corrected chi connectivity index (χ4v) is 4.83. The van der Waals surface area contributed by atoms with Gasteiger partial charge in [-0.3, -0.25) is 14.4 Å². The highest BCUT2D eigenvalue weighted by atomic mass is 16.4. The van der Waals surface area contributed by atoms with E-state index < -0.39 is 11.9 Å². The van der Waals surface area contributed by atoms with Gasteiger partial charge in [-0.05, 0) is 55.9 Å². The molecule has 2 aliphatic rings. The number of aliphatic carboxylic acids is 1. The smallest absolute Gasteiger partial charge is 0.306 e. The Morgan fingerprint density at radius 1 is 0.935 bits per heavy atom. The lowest BCUT2D eigenvalue weighted by molar-refractivity contribution is -0.143. The fourth-order valence-electron chi connectivity index (χ4n) is 4.83. The molecule has 6 nitrogen and oxygen atoms in total. The predicted octanol–water partition coefficient (Wildman–Crippen LogP) is 3.66. The summed E-state index contributed by atoms with van der Waals surface area (Å²) in [5.74, 6) is -1.75. The van der Waals surface area contributed by atoms with Crippen LogP contribution in [0.25, 0.3) is 0 Å². The molecule has 2 N–H and O–H groups in total. The minimum Gasteiger partial charge on any atom is -0.481 e. The van der Waals surface area contributed by atoms with Gasteiger partial charge in [0.2, 0.25) is 5.91 Å². The number of fused-ring (bicyclic) bond motifs is 1. The molecule has 31 heavy (non-hydrogen) atoms. The summed E-state index contributed by atoms with van der Waals surface area (Å²) < 4.78 is 0. The van der Waals surface area contributed by atoms with Crippen molar-refractivity contribution in [2.75, 3.05) is 11.4 Å². The number of aryl methyl sites for hydroxylation is 1. The van der Waals surface area contributed by atoms with Crippen LogP contribution in [0.2, 0.25) is 0 Å². The number of hydrogen-bond donors (Lipinski definition) is 2. The average Bonchev–Trinajstić information content (AvgIpc) is 2.82. The minimum atomic E-state index is -0.816. The highest BCUT2D eigenvalue weighted by Crippen LogP contribution is 2.36. The number of nitrogens with one attached hydrogen (secondary N) is 1. The van der Waals surface area contributed by atoms with E-state index in [-0.39, 0.29) is 23.8 Å². The van der Waals surface area contributed by atoms with E-state index in [1.165, 1.54) is 0 Å². The van der Waals surface area contributed by atoms with Crippen molar-refractivity contribution >= 4 is 23.5 Å². The lowest BCUT2D eigenvalue weighted by Crippen LogP contribution is -2.52. The van der Waals surface area contributed by atoms with Gasteiger partial charge in [-0.2, -0.15) is 0 Å². The minimum absolute atomic E-state index is 0.0166. The summed E-state index contributed by atoms with van der Waals surface area (Å²) in [4.78, 5) is 39.5. The zero-order valence-electron chi connectivity index (χ0n) is 17.5. The van der Waals surface area contributed by atoms with Gasteiger partial charge < -0.3 is 15.3 Å². The van der Waals surface area contributed by atoms with Gasteiger partial charge in [0.25, 0.3) is 5.91 Å². The molecule has 0 saturated heterocycles. The molecule has 1 aliphatic carbocycles. The Balaban J connectivity index is 1.54. The molecule has 3 atom stereocenters. The van der Waals surface area contributed by atoms with Crippen LogP contribution in [0.1, 0.15) is 48.0 Å². The quantitative estimate of drug-likeness (QED) is 0.773. The van der Waals surface area contributed by atoms with Crippen molar-refractivity contribution in [2.24, 2.45) is 11.8 Å². The molecule has 0 spiro atoms. The van der Waals surface area contributed by atoms with E-state index in [1.807, 2.05) is 47.4 Å². The summed E-state index contributed by atoms with van der Waals surface area (Å²) in [6.07, 6.45) is 4.08. The van der Waals surface area contributed by atoms with Gasteiger partial charge in [0.05, 0.1) is 12.0 Å². The van der Waals surface area contributed by atoms with Crippen molar-refractivity contribution < 1.29 is 19.5 Å². The second kappa shape index (κ2) is 9.33. The van der Waals surface area contributed by atoms with Crippen LogP contribution >= 0.6 is 0 Å². The summed E-state index contributed by atoms with van der Waals surface area (Å²) in [7, 11) is 0. The third-order valence-corrected chi connectivity index (χ3v) is 6.51. The first-order chi connectivity index (χ1) is 15.0. The molecule has 2 aromatic rings. The maximum absolute atomic E-state index is 13.6. The van der Waals surface area contributed by atoms with Crippen LogP contribution in [0.3, 0.4) is 0 Å². The van der Waals surface area contributed by atoms with Crippen LogP contribution in [0.4, 0.5) is 5.69 Å². The third kappa shape index (κ3) is 4.63. The first-order valence-electron chi connectivity index (χ1n) is 11.0. The van der Waals surface area contributed by atoms with Crippen molar-refractivity contribution in [1.82, 2.24) is 5.32 Å². The van der Waals surface area contributed by atoms with Gasteiger partial charge in [0.1, 0.15) is 0 Å². The maximum Gasteiger partial charge on any atom is 0.306 e. The van der Waals surface area contributed by atoms with Crippen LogP contribution in [-0.4, -0.2) is 35.5 Å². The Kier molecular flexibility index (Phi) is 6.35. The molecule has 2 amide bonds. The molecule has 1 heterocycles. The van der Waals surface area contributed by atoms with Crippen LogP contribution in [0.15, 0.2) is 54.6 Å². The molecule has 4 rings (SSSR count). The number of carbonyl (C=O) groups excluding carboxylic acids is 2. The van der Waals surface area contributed by atoms with E-state index >= 15 is 0 Å². The van der Waals surface area contributed by atoms with Crippen molar-refractivity contribution in [3.63, 3.8) is 0 Å². The Morgan fingerprint density at radius 3 is 2.42 bits per heavy atom.